The summed E-state index contributed by atoms with van der Waals surface area (Å²) >= 11 is 9.53. The molecule has 0 spiro atoms. The summed E-state index contributed by atoms with van der Waals surface area (Å²) in [7, 11) is 0. The number of hydrogen-bond acceptors (Lipinski definition) is 5. The molecule has 0 radical (unpaired) electrons. The van der Waals surface area contributed by atoms with Crippen LogP contribution in [0.1, 0.15) is 69.3 Å². The molecule has 2 aliphatic rings. The maximum absolute atomic E-state index is 13.8. The lowest BCUT2D eigenvalue weighted by atomic mass is 9.96. The van der Waals surface area contributed by atoms with Crippen LogP contribution in [0.2, 0.25) is 5.02 Å². The molecular formula is C26H24BrClF3N5O3. The topological polar surface area (TPSA) is 91.6 Å². The molecule has 0 aliphatic carbocycles. The number of alkyl halides is 3. The van der Waals surface area contributed by atoms with Crippen molar-refractivity contribution in [2.75, 3.05) is 13.2 Å². The van der Waals surface area contributed by atoms with E-state index in [4.69, 9.17) is 11.6 Å². The molecule has 1 unspecified atom stereocenters. The molecule has 3 aromatic rings. The minimum absolute atomic E-state index is 0.112. The van der Waals surface area contributed by atoms with Gasteiger partial charge in [0.15, 0.2) is 0 Å². The van der Waals surface area contributed by atoms with Gasteiger partial charge >= 0.3 is 6.18 Å². The Morgan fingerprint density at radius 3 is 2.64 bits per heavy atom. The Morgan fingerprint density at radius 1 is 1.28 bits per heavy atom. The van der Waals surface area contributed by atoms with Gasteiger partial charge in [-0.2, -0.15) is 18.3 Å². The molecule has 0 saturated carbocycles. The van der Waals surface area contributed by atoms with Crippen molar-refractivity contribution in [3.63, 3.8) is 0 Å². The first-order valence-electron chi connectivity index (χ1n) is 12.2. The first-order chi connectivity index (χ1) is 18.4. The van der Waals surface area contributed by atoms with Gasteiger partial charge in [0.25, 0.3) is 11.8 Å². The van der Waals surface area contributed by atoms with Crippen LogP contribution in [0.5, 0.6) is 0 Å². The Morgan fingerprint density at radius 2 is 2.03 bits per heavy atom. The van der Waals surface area contributed by atoms with Gasteiger partial charge in [-0.3, -0.25) is 19.3 Å². The third-order valence-electron chi connectivity index (χ3n) is 7.32. The molecule has 4 heterocycles. The summed E-state index contributed by atoms with van der Waals surface area (Å²) in [6, 6.07) is 5.75. The fourth-order valence-electron chi connectivity index (χ4n) is 5.11. The van der Waals surface area contributed by atoms with E-state index in [2.05, 4.69) is 26.0 Å². The number of aliphatic hydroxyl groups excluding tert-OH is 1. The van der Waals surface area contributed by atoms with E-state index in [0.29, 0.717) is 38.3 Å². The van der Waals surface area contributed by atoms with Crippen molar-refractivity contribution in [2.24, 2.45) is 0 Å². The monoisotopic (exact) mass is 625 g/mol. The first kappa shape index (κ1) is 27.6. The molecule has 2 aliphatic heterocycles. The third kappa shape index (κ3) is 4.93. The number of carbonyl (C=O) groups is 2. The Hall–Kier alpha value is -2.96. The van der Waals surface area contributed by atoms with Gasteiger partial charge in [-0.25, -0.2) is 0 Å². The molecule has 2 aromatic heterocycles. The van der Waals surface area contributed by atoms with E-state index in [1.807, 2.05) is 6.92 Å². The van der Waals surface area contributed by atoms with E-state index in [0.717, 1.165) is 12.3 Å². The van der Waals surface area contributed by atoms with E-state index in [9.17, 15) is 27.9 Å². The van der Waals surface area contributed by atoms with Crippen molar-refractivity contribution in [2.45, 2.75) is 51.1 Å². The fourth-order valence-corrected chi connectivity index (χ4v) is 5.54. The van der Waals surface area contributed by atoms with Crippen molar-refractivity contribution in [3.8, 4) is 0 Å². The third-order valence-corrected chi connectivity index (χ3v) is 8.56. The molecule has 8 nitrogen and oxygen atoms in total. The predicted octanol–water partition coefficient (Wildman–Crippen LogP) is 5.05. The average Bonchev–Trinajstić information content (AvgIpc) is 3.27. The van der Waals surface area contributed by atoms with Gasteiger partial charge in [0, 0.05) is 40.8 Å². The minimum Gasteiger partial charge on any atom is -0.394 e. The number of pyridine rings is 1. The number of rotatable bonds is 4. The molecule has 0 saturated heterocycles. The van der Waals surface area contributed by atoms with Gasteiger partial charge in [-0.1, -0.05) is 17.7 Å². The Labute approximate surface area is 235 Å². The molecular weight excluding hydrogens is 603 g/mol. The van der Waals surface area contributed by atoms with Crippen molar-refractivity contribution < 1.29 is 27.9 Å². The van der Waals surface area contributed by atoms with Crippen LogP contribution < -0.4 is 0 Å². The lowest BCUT2D eigenvalue weighted by molar-refractivity contribution is -0.141. The highest BCUT2D eigenvalue weighted by Gasteiger charge is 2.42. The smallest absolute Gasteiger partial charge is 0.394 e. The van der Waals surface area contributed by atoms with E-state index >= 15 is 0 Å². The van der Waals surface area contributed by atoms with E-state index in [1.54, 1.807) is 30.0 Å². The van der Waals surface area contributed by atoms with Crippen LogP contribution in [-0.4, -0.2) is 60.7 Å². The molecule has 13 heteroatoms. The number of benzene rings is 1. The summed E-state index contributed by atoms with van der Waals surface area (Å²) in [6.07, 6.45) is -3.05. The predicted molar refractivity (Wildman–Crippen MR) is 139 cm³/mol. The van der Waals surface area contributed by atoms with E-state index in [1.165, 1.54) is 15.6 Å². The van der Waals surface area contributed by atoms with Gasteiger partial charge in [0.2, 0.25) is 0 Å². The highest BCUT2D eigenvalue weighted by atomic mass is 79.9. The standard InChI is InChI=1S/C26H24BrClF3N5O3/c1-13-7-21-18(11-34(13)24(38)15-3-5-19(27)20(28)8-15)23-25(39)35(10-17(12-37)36(23)33-21)14(2)16-4-6-22(32-9-16)26(29,30)31/h3-6,8-9,13-14,17,37H,7,10-12H2,1-2H3/t13-,14?,17+/m1/s1. The molecule has 0 bridgehead atoms. The normalized spacial score (nSPS) is 20.1. The molecule has 1 aromatic carbocycles. The molecule has 5 rings (SSSR count). The average molecular weight is 627 g/mol. The van der Waals surface area contributed by atoms with Gasteiger partial charge in [-0.05, 0) is 59.6 Å². The number of fused-ring (bicyclic) bond motifs is 3. The second kappa shape index (κ2) is 10.2. The summed E-state index contributed by atoms with van der Waals surface area (Å²) in [5, 5.41) is 15.2. The van der Waals surface area contributed by atoms with Crippen molar-refractivity contribution in [1.82, 2.24) is 24.6 Å². The van der Waals surface area contributed by atoms with E-state index in [-0.39, 0.29) is 43.2 Å². The Balaban J connectivity index is 1.47. The second-order valence-corrected chi connectivity index (χ2v) is 11.0. The number of halogens is 5. The van der Waals surface area contributed by atoms with Gasteiger partial charge in [0.05, 0.1) is 36.0 Å². The number of aliphatic hydroxyl groups is 1. The van der Waals surface area contributed by atoms with E-state index < -0.39 is 24.0 Å². The number of aromatic nitrogens is 3. The van der Waals surface area contributed by atoms with Gasteiger partial charge in [-0.15, -0.1) is 0 Å². The molecule has 3 atom stereocenters. The summed E-state index contributed by atoms with van der Waals surface area (Å²) in [4.78, 5) is 33.9. The maximum atomic E-state index is 13.8. The first-order valence-corrected chi connectivity index (χ1v) is 13.4. The Kier molecular flexibility index (Phi) is 7.23. The summed E-state index contributed by atoms with van der Waals surface area (Å²) in [5.41, 5.74) is 1.34. The van der Waals surface area contributed by atoms with Crippen LogP contribution in [0.25, 0.3) is 0 Å². The van der Waals surface area contributed by atoms with Crippen LogP contribution in [0.3, 0.4) is 0 Å². The second-order valence-electron chi connectivity index (χ2n) is 9.78. The minimum atomic E-state index is -4.57. The lowest BCUT2D eigenvalue weighted by Gasteiger charge is -2.38. The number of carbonyl (C=O) groups excluding carboxylic acids is 2. The molecule has 0 fully saturated rings. The van der Waals surface area contributed by atoms with Gasteiger partial charge < -0.3 is 14.9 Å². The number of nitrogens with zero attached hydrogens (tertiary/aromatic N) is 5. The van der Waals surface area contributed by atoms with Gasteiger partial charge in [0.1, 0.15) is 11.4 Å². The zero-order valence-corrected chi connectivity index (χ0v) is 23.3. The maximum Gasteiger partial charge on any atom is 0.433 e. The molecule has 2 amide bonds. The zero-order valence-electron chi connectivity index (χ0n) is 20.9. The van der Waals surface area contributed by atoms with Crippen molar-refractivity contribution in [3.05, 3.63) is 79.8 Å². The summed E-state index contributed by atoms with van der Waals surface area (Å²) in [6.45, 7) is 3.54. The number of hydrogen-bond donors (Lipinski definition) is 1. The van der Waals surface area contributed by atoms with Crippen LogP contribution in [0.15, 0.2) is 41.0 Å². The highest BCUT2D eigenvalue weighted by molar-refractivity contribution is 9.10. The van der Waals surface area contributed by atoms with Crippen molar-refractivity contribution >= 4 is 39.3 Å². The van der Waals surface area contributed by atoms with Crippen LogP contribution >= 0.6 is 27.5 Å². The molecule has 1 N–H and O–H groups in total. The highest BCUT2D eigenvalue weighted by Crippen LogP contribution is 2.36. The van der Waals surface area contributed by atoms with Crippen LogP contribution in [0, 0.1) is 0 Å². The molecule has 206 valence electrons. The number of amides is 2. The Bertz CT molecular complexity index is 1450. The van der Waals surface area contributed by atoms with Crippen molar-refractivity contribution in [1.29, 1.82) is 0 Å². The lowest BCUT2D eigenvalue weighted by Crippen LogP contribution is -2.46. The van der Waals surface area contributed by atoms with Crippen LogP contribution in [-0.2, 0) is 19.1 Å². The fraction of sp³-hybridized carbons (Fsp3) is 0.385. The van der Waals surface area contributed by atoms with Crippen LogP contribution in [0.4, 0.5) is 13.2 Å². The largest absolute Gasteiger partial charge is 0.433 e. The SMILES string of the molecule is CC(c1ccc(C(F)(F)F)nc1)N1C[C@@H](CO)n2nc3c(c2C1=O)CN(C(=O)c1ccc(Br)c(Cl)c1)[C@H](C)C3. The molecule has 39 heavy (non-hydrogen) atoms. The summed E-state index contributed by atoms with van der Waals surface area (Å²) < 4.78 is 41.1. The summed E-state index contributed by atoms with van der Waals surface area (Å²) in [5.74, 6) is -0.625. The zero-order chi connectivity index (χ0) is 28.2. The quantitative estimate of drug-likeness (QED) is 0.438.